The Bertz CT molecular complexity index is 222. The van der Waals surface area contributed by atoms with Crippen molar-refractivity contribution in [2.45, 2.75) is 49.8 Å². The number of hydrogen-bond acceptors (Lipinski definition) is 3. The zero-order chi connectivity index (χ0) is 9.42. The molecule has 1 N–H and O–H groups in total. The summed E-state index contributed by atoms with van der Waals surface area (Å²) in [4.78, 5) is 10.8. The van der Waals surface area contributed by atoms with Gasteiger partial charge in [0.05, 0.1) is 0 Å². The van der Waals surface area contributed by atoms with Gasteiger partial charge in [-0.2, -0.15) is 0 Å². The summed E-state index contributed by atoms with van der Waals surface area (Å²) in [5, 5.41) is 3.66. The normalized spacial score (nSPS) is 43.2. The van der Waals surface area contributed by atoms with E-state index in [4.69, 9.17) is 16.3 Å². The second-order valence-electron chi connectivity index (χ2n) is 3.92. The van der Waals surface area contributed by atoms with Crippen molar-refractivity contribution in [3.63, 3.8) is 0 Å². The Balaban J connectivity index is 1.97. The monoisotopic (exact) mass is 203 g/mol. The van der Waals surface area contributed by atoms with Crippen molar-refractivity contribution in [1.29, 1.82) is 0 Å². The molecule has 0 aromatic rings. The smallest absolute Gasteiger partial charge is 0.302 e. The van der Waals surface area contributed by atoms with Gasteiger partial charge in [-0.25, -0.2) is 0 Å². The minimum absolute atomic E-state index is 0.0475. The number of hydrogen-bond donors (Lipinski definition) is 1. The van der Waals surface area contributed by atoms with Crippen molar-refractivity contribution in [2.75, 3.05) is 0 Å². The first-order valence-corrected chi connectivity index (χ1v) is 5.16. The standard InChI is InChI=1S/C9H14ClNO2/c1-5(12)13-9-4-7-2-6(10)3-8(9)11-7/h6-9,11H,2-4H2,1H3/t6-,7?,8?,9?/m0/s1. The topological polar surface area (TPSA) is 38.3 Å². The molecule has 3 unspecified atom stereocenters. The number of fused-ring (bicyclic) bond motifs is 2. The van der Waals surface area contributed by atoms with Gasteiger partial charge in [-0.3, -0.25) is 4.79 Å². The minimum atomic E-state index is -0.189. The maximum Gasteiger partial charge on any atom is 0.302 e. The van der Waals surface area contributed by atoms with Crippen molar-refractivity contribution in [3.05, 3.63) is 0 Å². The quantitative estimate of drug-likeness (QED) is 0.512. The number of carbonyl (C=O) groups is 1. The summed E-state index contributed by atoms with van der Waals surface area (Å²) in [6.07, 6.45) is 2.88. The Hall–Kier alpha value is -0.280. The van der Waals surface area contributed by atoms with E-state index in [9.17, 15) is 4.79 Å². The molecule has 0 amide bonds. The molecular weight excluding hydrogens is 190 g/mol. The zero-order valence-electron chi connectivity index (χ0n) is 7.63. The van der Waals surface area contributed by atoms with Crippen LogP contribution >= 0.6 is 11.6 Å². The lowest BCUT2D eigenvalue weighted by atomic mass is 10.1. The first kappa shape index (κ1) is 9.28. The predicted octanol–water partition coefficient (Wildman–Crippen LogP) is 1.05. The van der Waals surface area contributed by atoms with E-state index in [2.05, 4.69) is 5.32 Å². The van der Waals surface area contributed by atoms with Crippen LogP contribution in [0, 0.1) is 0 Å². The molecule has 2 rings (SSSR count). The van der Waals surface area contributed by atoms with Crippen LogP contribution in [0.5, 0.6) is 0 Å². The summed E-state index contributed by atoms with van der Waals surface area (Å²) in [5.74, 6) is -0.189. The van der Waals surface area contributed by atoms with E-state index < -0.39 is 0 Å². The Morgan fingerprint density at radius 1 is 1.46 bits per heavy atom. The minimum Gasteiger partial charge on any atom is -0.461 e. The highest BCUT2D eigenvalue weighted by Gasteiger charge is 2.41. The van der Waals surface area contributed by atoms with Crippen LogP contribution in [0.3, 0.4) is 0 Å². The highest BCUT2D eigenvalue weighted by molar-refractivity contribution is 6.20. The molecule has 4 atom stereocenters. The molecule has 2 aliphatic heterocycles. The number of halogens is 1. The first-order chi connectivity index (χ1) is 6.15. The van der Waals surface area contributed by atoms with E-state index in [-0.39, 0.29) is 23.5 Å². The molecule has 74 valence electrons. The number of esters is 1. The Morgan fingerprint density at radius 3 is 2.92 bits per heavy atom. The van der Waals surface area contributed by atoms with Gasteiger partial charge in [0.2, 0.25) is 0 Å². The average molecular weight is 204 g/mol. The van der Waals surface area contributed by atoms with E-state index in [1.807, 2.05) is 0 Å². The van der Waals surface area contributed by atoms with Gasteiger partial charge in [0.25, 0.3) is 0 Å². The number of carbonyl (C=O) groups excluding carboxylic acids is 1. The molecule has 13 heavy (non-hydrogen) atoms. The average Bonchev–Trinajstić information content (AvgIpc) is 2.25. The molecule has 4 heteroatoms. The summed E-state index contributed by atoms with van der Waals surface area (Å²) in [6.45, 7) is 1.46. The predicted molar refractivity (Wildman–Crippen MR) is 49.8 cm³/mol. The van der Waals surface area contributed by atoms with Crippen LogP contribution in [0.1, 0.15) is 26.2 Å². The highest BCUT2D eigenvalue weighted by Crippen LogP contribution is 2.31. The fourth-order valence-electron chi connectivity index (χ4n) is 2.33. The summed E-state index contributed by atoms with van der Waals surface area (Å²) >= 11 is 6.07. The fourth-order valence-corrected chi connectivity index (χ4v) is 2.74. The van der Waals surface area contributed by atoms with Crippen LogP contribution in [0.2, 0.25) is 0 Å². The molecule has 0 saturated carbocycles. The van der Waals surface area contributed by atoms with Crippen LogP contribution < -0.4 is 5.32 Å². The van der Waals surface area contributed by atoms with Crippen molar-refractivity contribution in [1.82, 2.24) is 5.32 Å². The molecule has 0 aromatic carbocycles. The molecule has 2 bridgehead atoms. The van der Waals surface area contributed by atoms with E-state index in [0.29, 0.717) is 6.04 Å². The van der Waals surface area contributed by atoms with Crippen molar-refractivity contribution < 1.29 is 9.53 Å². The summed E-state index contributed by atoms with van der Waals surface area (Å²) in [6, 6.07) is 0.732. The third-order valence-electron chi connectivity index (χ3n) is 2.78. The summed E-state index contributed by atoms with van der Waals surface area (Å²) < 4.78 is 5.21. The largest absolute Gasteiger partial charge is 0.461 e. The molecule has 0 radical (unpaired) electrons. The Kier molecular flexibility index (Phi) is 2.47. The molecule has 3 nitrogen and oxygen atoms in total. The summed E-state index contributed by atoms with van der Waals surface area (Å²) in [7, 11) is 0. The number of rotatable bonds is 1. The SMILES string of the molecule is CC(=O)OC1CC2C[C@H](Cl)CC1N2. The van der Waals surface area contributed by atoms with Crippen LogP contribution in [0.15, 0.2) is 0 Å². The van der Waals surface area contributed by atoms with E-state index in [1.54, 1.807) is 0 Å². The van der Waals surface area contributed by atoms with Gasteiger partial charge in [0, 0.05) is 30.8 Å². The maximum absolute atomic E-state index is 10.8. The van der Waals surface area contributed by atoms with Crippen LogP contribution in [0.4, 0.5) is 0 Å². The maximum atomic E-state index is 10.8. The van der Waals surface area contributed by atoms with Gasteiger partial charge < -0.3 is 10.1 Å². The zero-order valence-corrected chi connectivity index (χ0v) is 8.38. The van der Waals surface area contributed by atoms with Crippen molar-refractivity contribution in [3.8, 4) is 0 Å². The lowest BCUT2D eigenvalue weighted by Gasteiger charge is -2.25. The number of ether oxygens (including phenoxy) is 1. The van der Waals surface area contributed by atoms with E-state index >= 15 is 0 Å². The second-order valence-corrected chi connectivity index (χ2v) is 4.54. The van der Waals surface area contributed by atoms with Crippen LogP contribution in [-0.4, -0.2) is 29.5 Å². The Morgan fingerprint density at radius 2 is 2.23 bits per heavy atom. The number of alkyl halides is 1. The van der Waals surface area contributed by atoms with Gasteiger partial charge in [-0.15, -0.1) is 11.6 Å². The third-order valence-corrected chi connectivity index (χ3v) is 3.14. The van der Waals surface area contributed by atoms with Gasteiger partial charge >= 0.3 is 5.97 Å². The van der Waals surface area contributed by atoms with Crippen LogP contribution in [0.25, 0.3) is 0 Å². The van der Waals surface area contributed by atoms with Crippen molar-refractivity contribution >= 4 is 17.6 Å². The first-order valence-electron chi connectivity index (χ1n) is 4.72. The molecule has 2 aliphatic rings. The van der Waals surface area contributed by atoms with Crippen LogP contribution in [-0.2, 0) is 9.53 Å². The molecule has 0 aromatic heterocycles. The lowest BCUT2D eigenvalue weighted by Crippen LogP contribution is -2.41. The Labute approximate surface area is 82.8 Å². The highest BCUT2D eigenvalue weighted by atomic mass is 35.5. The molecule has 2 heterocycles. The molecular formula is C9H14ClNO2. The van der Waals surface area contributed by atoms with E-state index in [0.717, 1.165) is 19.3 Å². The van der Waals surface area contributed by atoms with Gasteiger partial charge in [-0.05, 0) is 12.8 Å². The molecule has 0 spiro atoms. The number of nitrogens with one attached hydrogen (secondary N) is 1. The second kappa shape index (κ2) is 3.46. The molecule has 2 fully saturated rings. The van der Waals surface area contributed by atoms with Crippen molar-refractivity contribution in [2.24, 2.45) is 0 Å². The molecule has 2 saturated heterocycles. The lowest BCUT2D eigenvalue weighted by molar-refractivity contribution is -0.146. The van der Waals surface area contributed by atoms with E-state index in [1.165, 1.54) is 6.92 Å². The fraction of sp³-hybridized carbons (Fsp3) is 0.889. The molecule has 0 aliphatic carbocycles. The van der Waals surface area contributed by atoms with Gasteiger partial charge in [0.15, 0.2) is 0 Å². The van der Waals surface area contributed by atoms with Gasteiger partial charge in [-0.1, -0.05) is 0 Å². The third kappa shape index (κ3) is 1.97. The summed E-state index contributed by atoms with van der Waals surface area (Å²) in [5.41, 5.74) is 0. The van der Waals surface area contributed by atoms with Gasteiger partial charge in [0.1, 0.15) is 6.10 Å². The number of piperidine rings is 1.